The van der Waals surface area contributed by atoms with Crippen LogP contribution in [0.5, 0.6) is 5.75 Å². The Balaban J connectivity index is 1.54. The first-order chi connectivity index (χ1) is 15.0. The summed E-state index contributed by atoms with van der Waals surface area (Å²) in [5.41, 5.74) is 2.91. The third-order valence-electron chi connectivity index (χ3n) is 4.76. The molecule has 4 rings (SSSR count). The van der Waals surface area contributed by atoms with Crippen molar-refractivity contribution in [2.24, 2.45) is 0 Å². The van der Waals surface area contributed by atoms with E-state index in [0.29, 0.717) is 23.0 Å². The van der Waals surface area contributed by atoms with Gasteiger partial charge in [0.05, 0.1) is 5.69 Å². The number of benzene rings is 1. The topological polar surface area (TPSA) is 74.3 Å². The number of nitrogens with zero attached hydrogens (tertiary/aromatic N) is 5. The van der Waals surface area contributed by atoms with E-state index in [1.165, 1.54) is 28.7 Å². The van der Waals surface area contributed by atoms with Crippen LogP contribution >= 0.6 is 23.1 Å². The van der Waals surface area contributed by atoms with E-state index >= 15 is 0 Å². The molecule has 1 atom stereocenters. The zero-order chi connectivity index (χ0) is 22.0. The van der Waals surface area contributed by atoms with Crippen LogP contribution in [0, 0.1) is 13.8 Å². The highest BCUT2D eigenvalue weighted by atomic mass is 32.2. The minimum atomic E-state index is -0.284. The Morgan fingerprint density at radius 2 is 2.13 bits per heavy atom. The van der Waals surface area contributed by atoms with Crippen molar-refractivity contribution in [1.82, 2.24) is 24.1 Å². The highest BCUT2D eigenvalue weighted by Gasteiger charge is 2.20. The van der Waals surface area contributed by atoms with Crippen molar-refractivity contribution in [3.8, 4) is 5.75 Å². The molecular formula is C22H23N5O2S2. The van der Waals surface area contributed by atoms with Gasteiger partial charge in [0.25, 0.3) is 5.56 Å². The lowest BCUT2D eigenvalue weighted by atomic mass is 10.1. The van der Waals surface area contributed by atoms with Crippen molar-refractivity contribution in [2.75, 3.05) is 0 Å². The van der Waals surface area contributed by atoms with Gasteiger partial charge in [-0.25, -0.2) is 4.98 Å². The number of hydrogen-bond donors (Lipinski definition) is 0. The Bertz CT molecular complexity index is 1290. The first kappa shape index (κ1) is 21.3. The smallest absolute Gasteiger partial charge is 0.258 e. The predicted octanol–water partition coefficient (Wildman–Crippen LogP) is 4.58. The van der Waals surface area contributed by atoms with Gasteiger partial charge in [-0.2, -0.15) is 0 Å². The van der Waals surface area contributed by atoms with Crippen molar-refractivity contribution in [2.45, 2.75) is 44.3 Å². The van der Waals surface area contributed by atoms with Crippen LogP contribution in [0.2, 0.25) is 0 Å². The second-order valence-corrected chi connectivity index (χ2v) is 9.01. The van der Waals surface area contributed by atoms with Gasteiger partial charge in [0.1, 0.15) is 5.75 Å². The number of hydrogen-bond acceptors (Lipinski definition) is 7. The molecule has 0 saturated heterocycles. The summed E-state index contributed by atoms with van der Waals surface area (Å²) >= 11 is 2.93. The number of rotatable bonds is 8. The molecule has 31 heavy (non-hydrogen) atoms. The van der Waals surface area contributed by atoms with Crippen LogP contribution < -0.4 is 10.3 Å². The summed E-state index contributed by atoms with van der Waals surface area (Å²) in [4.78, 5) is 17.5. The average Bonchev–Trinajstić information content (AvgIpc) is 3.36. The number of ether oxygens (including phenoxy) is 1. The van der Waals surface area contributed by atoms with E-state index in [1.807, 2.05) is 42.0 Å². The molecule has 160 valence electrons. The zero-order valence-electron chi connectivity index (χ0n) is 17.6. The lowest BCUT2D eigenvalue weighted by Crippen LogP contribution is -2.13. The van der Waals surface area contributed by atoms with Crippen LogP contribution in [0.4, 0.5) is 0 Å². The minimum Gasteiger partial charge on any atom is -0.482 e. The monoisotopic (exact) mass is 453 g/mol. The third-order valence-corrected chi connectivity index (χ3v) is 6.52. The van der Waals surface area contributed by atoms with Crippen LogP contribution in [-0.4, -0.2) is 24.1 Å². The van der Waals surface area contributed by atoms with Gasteiger partial charge in [0.15, 0.2) is 22.0 Å². The minimum absolute atomic E-state index is 0.0782. The van der Waals surface area contributed by atoms with Gasteiger partial charge in [-0.3, -0.25) is 13.8 Å². The first-order valence-electron chi connectivity index (χ1n) is 9.82. The Labute approximate surface area is 188 Å². The fraction of sp³-hybridized carbons (Fsp3) is 0.273. The molecule has 0 radical (unpaired) electrons. The molecule has 3 heterocycles. The van der Waals surface area contributed by atoms with E-state index in [0.717, 1.165) is 22.3 Å². The fourth-order valence-electron chi connectivity index (χ4n) is 3.28. The Morgan fingerprint density at radius 3 is 2.90 bits per heavy atom. The largest absolute Gasteiger partial charge is 0.482 e. The highest BCUT2D eigenvalue weighted by molar-refractivity contribution is 7.98. The van der Waals surface area contributed by atoms with Gasteiger partial charge < -0.3 is 4.74 Å². The maximum Gasteiger partial charge on any atom is 0.258 e. The molecular weight excluding hydrogens is 430 g/mol. The number of thiazole rings is 1. The summed E-state index contributed by atoms with van der Waals surface area (Å²) in [6.07, 6.45) is 3.26. The molecule has 0 aliphatic rings. The second-order valence-electron chi connectivity index (χ2n) is 7.20. The standard InChI is InChI=1S/C22H23N5O2S2/c1-5-8-27-20(16(4)29-18-7-6-14(2)11-15(18)3)24-25-22(27)31-13-17-12-19(28)26-9-10-30-21(26)23-17/h5-7,9-12,16H,1,8,13H2,2-4H3. The van der Waals surface area contributed by atoms with Gasteiger partial charge in [0.2, 0.25) is 0 Å². The van der Waals surface area contributed by atoms with E-state index in [2.05, 4.69) is 34.8 Å². The van der Waals surface area contributed by atoms with Crippen molar-refractivity contribution >= 4 is 28.1 Å². The second kappa shape index (κ2) is 9.07. The molecule has 0 spiro atoms. The summed E-state index contributed by atoms with van der Waals surface area (Å²) in [5.74, 6) is 2.07. The first-order valence-corrected chi connectivity index (χ1v) is 11.7. The van der Waals surface area contributed by atoms with Gasteiger partial charge in [0, 0.05) is 29.9 Å². The van der Waals surface area contributed by atoms with E-state index in [9.17, 15) is 4.79 Å². The quantitative estimate of drug-likeness (QED) is 0.287. The Kier molecular flexibility index (Phi) is 6.24. The molecule has 0 fully saturated rings. The average molecular weight is 454 g/mol. The summed E-state index contributed by atoms with van der Waals surface area (Å²) < 4.78 is 9.72. The van der Waals surface area contributed by atoms with Crippen LogP contribution in [0.15, 0.2) is 58.4 Å². The summed E-state index contributed by atoms with van der Waals surface area (Å²) in [6, 6.07) is 7.67. The van der Waals surface area contributed by atoms with Crippen molar-refractivity contribution in [1.29, 1.82) is 0 Å². The number of thioether (sulfide) groups is 1. The Hall–Kier alpha value is -2.91. The molecule has 9 heteroatoms. The molecule has 4 aromatic rings. The molecule has 0 aliphatic carbocycles. The van der Waals surface area contributed by atoms with Crippen LogP contribution in [0.1, 0.15) is 35.7 Å². The molecule has 0 bridgehead atoms. The van der Waals surface area contributed by atoms with Crippen molar-refractivity contribution in [3.63, 3.8) is 0 Å². The lowest BCUT2D eigenvalue weighted by Gasteiger charge is -2.17. The van der Waals surface area contributed by atoms with Crippen molar-refractivity contribution in [3.05, 3.63) is 81.5 Å². The molecule has 0 saturated carbocycles. The number of aryl methyl sites for hydroxylation is 2. The van der Waals surface area contributed by atoms with Gasteiger partial charge >= 0.3 is 0 Å². The normalized spacial score (nSPS) is 12.2. The SMILES string of the molecule is C=CCn1c(SCc2cc(=O)n3ccsc3n2)nnc1C(C)Oc1ccc(C)cc1C. The van der Waals surface area contributed by atoms with Gasteiger partial charge in [-0.1, -0.05) is 35.5 Å². The third kappa shape index (κ3) is 4.57. The molecule has 3 aromatic heterocycles. The lowest BCUT2D eigenvalue weighted by molar-refractivity contribution is 0.209. The summed E-state index contributed by atoms with van der Waals surface area (Å²) in [5, 5.41) is 11.3. The van der Waals surface area contributed by atoms with Crippen LogP contribution in [0.25, 0.3) is 4.96 Å². The highest BCUT2D eigenvalue weighted by Crippen LogP contribution is 2.28. The summed E-state index contributed by atoms with van der Waals surface area (Å²) in [7, 11) is 0. The molecule has 1 aromatic carbocycles. The molecule has 7 nitrogen and oxygen atoms in total. The van der Waals surface area contributed by atoms with E-state index in [1.54, 1.807) is 16.7 Å². The van der Waals surface area contributed by atoms with E-state index in [-0.39, 0.29) is 11.7 Å². The van der Waals surface area contributed by atoms with Gasteiger partial charge in [-0.15, -0.1) is 28.1 Å². The Morgan fingerprint density at radius 1 is 1.29 bits per heavy atom. The van der Waals surface area contributed by atoms with Gasteiger partial charge in [-0.05, 0) is 32.4 Å². The zero-order valence-corrected chi connectivity index (χ0v) is 19.2. The number of fused-ring (bicyclic) bond motifs is 1. The maximum atomic E-state index is 12.2. The number of aromatic nitrogens is 5. The fourth-order valence-corrected chi connectivity index (χ4v) is 4.87. The predicted molar refractivity (Wildman–Crippen MR) is 124 cm³/mol. The number of allylic oxidation sites excluding steroid dienone is 1. The molecule has 1 unspecified atom stereocenters. The maximum absolute atomic E-state index is 12.2. The molecule has 0 aliphatic heterocycles. The molecule has 0 N–H and O–H groups in total. The van der Waals surface area contributed by atoms with Crippen LogP contribution in [-0.2, 0) is 12.3 Å². The van der Waals surface area contributed by atoms with E-state index < -0.39 is 0 Å². The molecule has 0 amide bonds. The van der Waals surface area contributed by atoms with Crippen LogP contribution in [0.3, 0.4) is 0 Å². The van der Waals surface area contributed by atoms with E-state index in [4.69, 9.17) is 4.74 Å². The summed E-state index contributed by atoms with van der Waals surface area (Å²) in [6.45, 7) is 10.5. The van der Waals surface area contributed by atoms with Crippen molar-refractivity contribution < 1.29 is 4.74 Å².